The van der Waals surface area contributed by atoms with Gasteiger partial charge in [0.1, 0.15) is 10.6 Å². The molecule has 0 aliphatic rings. The van der Waals surface area contributed by atoms with Crippen molar-refractivity contribution in [1.82, 2.24) is 0 Å². The largest absolute Gasteiger partial charge is 0.495 e. The van der Waals surface area contributed by atoms with Crippen molar-refractivity contribution in [1.29, 1.82) is 0 Å². The van der Waals surface area contributed by atoms with E-state index in [4.69, 9.17) is 20.5 Å². The number of halogens is 1. The number of carbonyl (C=O) groups is 1. The van der Waals surface area contributed by atoms with Gasteiger partial charge in [0, 0.05) is 10.7 Å². The number of carboxylic acid groups (broad SMARTS) is 1. The number of hydrogen-bond acceptors (Lipinski definition) is 4. The molecule has 0 fully saturated rings. The van der Waals surface area contributed by atoms with E-state index in [1.54, 1.807) is 6.92 Å². The smallest absolute Gasteiger partial charge is 0.336 e. The first-order valence-corrected chi connectivity index (χ1v) is 7.01. The normalized spacial score (nSPS) is 11.2. The fraction of sp³-hybridized carbons (Fsp3) is 0.300. The number of hydrogen-bond donors (Lipinski definition) is 1. The molecule has 0 spiro atoms. The van der Waals surface area contributed by atoms with E-state index < -0.39 is 15.0 Å². The zero-order valence-corrected chi connectivity index (χ0v) is 10.8. The lowest BCUT2D eigenvalue weighted by Gasteiger charge is -2.12. The lowest BCUT2D eigenvalue weighted by molar-refractivity contribution is 0.0695. The summed E-state index contributed by atoms with van der Waals surface area (Å²) < 4.78 is 27.8. The maximum atomic E-state index is 11.5. The molecule has 0 bridgehead atoms. The highest BCUT2D eigenvalue weighted by Crippen LogP contribution is 2.33. The minimum absolute atomic E-state index is 0.0434. The fourth-order valence-corrected chi connectivity index (χ4v) is 3.03. The van der Waals surface area contributed by atoms with Crippen molar-refractivity contribution in [2.45, 2.75) is 18.2 Å². The predicted molar refractivity (Wildman–Crippen MR) is 62.4 cm³/mol. The Hall–Kier alpha value is -1.27. The molecule has 94 valence electrons. The SMILES string of the molecule is CCc1c(C(=O)O)ccc(OC)c1S(=O)(=O)Cl. The van der Waals surface area contributed by atoms with Crippen LogP contribution in [-0.2, 0) is 15.5 Å². The van der Waals surface area contributed by atoms with Gasteiger partial charge in [0.25, 0.3) is 9.05 Å². The first-order chi connectivity index (χ1) is 7.82. The summed E-state index contributed by atoms with van der Waals surface area (Å²) in [6, 6.07) is 2.57. The second kappa shape index (κ2) is 4.93. The monoisotopic (exact) mass is 278 g/mol. The summed E-state index contributed by atoms with van der Waals surface area (Å²) >= 11 is 0. The first kappa shape index (κ1) is 13.8. The number of rotatable bonds is 4. The van der Waals surface area contributed by atoms with Crippen molar-refractivity contribution in [3.8, 4) is 5.75 Å². The standard InChI is InChI=1S/C10H11ClO5S/c1-3-6-7(10(12)13)4-5-8(16-2)9(6)17(11,14)15/h4-5H,3H2,1-2H3,(H,12,13). The lowest BCUT2D eigenvalue weighted by atomic mass is 10.0. The Morgan fingerprint density at radius 2 is 2.06 bits per heavy atom. The van der Waals surface area contributed by atoms with Crippen molar-refractivity contribution in [2.75, 3.05) is 7.11 Å². The summed E-state index contributed by atoms with van der Waals surface area (Å²) in [5.74, 6) is -1.16. The van der Waals surface area contributed by atoms with Crippen molar-refractivity contribution >= 4 is 25.7 Å². The summed E-state index contributed by atoms with van der Waals surface area (Å²) in [6.07, 6.45) is 0.222. The maximum Gasteiger partial charge on any atom is 0.336 e. The molecule has 0 unspecified atom stereocenters. The molecule has 0 aliphatic carbocycles. The molecule has 5 nitrogen and oxygen atoms in total. The van der Waals surface area contributed by atoms with Gasteiger partial charge in [-0.1, -0.05) is 6.92 Å². The lowest BCUT2D eigenvalue weighted by Crippen LogP contribution is -2.08. The Balaban J connectivity index is 3.73. The predicted octanol–water partition coefficient (Wildman–Crippen LogP) is 1.88. The van der Waals surface area contributed by atoms with Gasteiger partial charge in [-0.3, -0.25) is 0 Å². The Morgan fingerprint density at radius 3 is 2.41 bits per heavy atom. The van der Waals surface area contributed by atoms with Crippen molar-refractivity contribution in [3.05, 3.63) is 23.3 Å². The molecule has 1 aromatic rings. The van der Waals surface area contributed by atoms with Crippen LogP contribution in [0.1, 0.15) is 22.8 Å². The van der Waals surface area contributed by atoms with Gasteiger partial charge < -0.3 is 9.84 Å². The fourth-order valence-electron chi connectivity index (χ4n) is 1.59. The van der Waals surface area contributed by atoms with E-state index in [-0.39, 0.29) is 28.2 Å². The zero-order valence-electron chi connectivity index (χ0n) is 9.23. The summed E-state index contributed by atoms with van der Waals surface area (Å²) in [7, 11) is 2.53. The van der Waals surface area contributed by atoms with Crippen LogP contribution < -0.4 is 4.74 Å². The molecule has 1 aromatic carbocycles. The van der Waals surface area contributed by atoms with Crippen LogP contribution in [0, 0.1) is 0 Å². The average Bonchev–Trinajstić information content (AvgIpc) is 2.25. The highest BCUT2D eigenvalue weighted by atomic mass is 35.7. The van der Waals surface area contributed by atoms with Crippen LogP contribution in [0.3, 0.4) is 0 Å². The van der Waals surface area contributed by atoms with Gasteiger partial charge >= 0.3 is 5.97 Å². The van der Waals surface area contributed by atoms with Crippen LogP contribution in [0.2, 0.25) is 0 Å². The van der Waals surface area contributed by atoms with Crippen LogP contribution >= 0.6 is 10.7 Å². The number of carboxylic acids is 1. The van der Waals surface area contributed by atoms with Gasteiger partial charge in [-0.05, 0) is 24.1 Å². The van der Waals surface area contributed by atoms with Crippen LogP contribution in [-0.4, -0.2) is 26.6 Å². The molecule has 0 aliphatic heterocycles. The minimum atomic E-state index is -4.06. The van der Waals surface area contributed by atoms with E-state index in [9.17, 15) is 13.2 Å². The molecule has 0 amide bonds. The summed E-state index contributed by atoms with van der Waals surface area (Å²) in [6.45, 7) is 1.65. The van der Waals surface area contributed by atoms with Gasteiger partial charge in [-0.25, -0.2) is 13.2 Å². The minimum Gasteiger partial charge on any atom is -0.495 e. The Labute approximate surface area is 103 Å². The quantitative estimate of drug-likeness (QED) is 0.851. The van der Waals surface area contributed by atoms with E-state index in [1.165, 1.54) is 19.2 Å². The topological polar surface area (TPSA) is 80.7 Å². The molecule has 17 heavy (non-hydrogen) atoms. The molecule has 0 aromatic heterocycles. The van der Waals surface area contributed by atoms with E-state index in [1.807, 2.05) is 0 Å². The second-order valence-electron chi connectivity index (χ2n) is 3.22. The van der Waals surface area contributed by atoms with Gasteiger partial charge in [0.2, 0.25) is 0 Å². The Bertz CT molecular complexity index is 550. The van der Waals surface area contributed by atoms with Gasteiger partial charge in [0.15, 0.2) is 0 Å². The summed E-state index contributed by atoms with van der Waals surface area (Å²) in [5, 5.41) is 8.97. The number of benzene rings is 1. The van der Waals surface area contributed by atoms with Crippen LogP contribution in [0.25, 0.3) is 0 Å². The molecule has 0 saturated carbocycles. The van der Waals surface area contributed by atoms with Gasteiger partial charge in [0.05, 0.1) is 12.7 Å². The first-order valence-electron chi connectivity index (χ1n) is 4.70. The summed E-state index contributed by atoms with van der Waals surface area (Å²) in [4.78, 5) is 10.7. The summed E-state index contributed by atoms with van der Waals surface area (Å²) in [5.41, 5.74) is 0.0550. The molecule has 0 heterocycles. The molecular formula is C10H11ClO5S. The Morgan fingerprint density at radius 1 is 1.47 bits per heavy atom. The third-order valence-corrected chi connectivity index (χ3v) is 3.67. The maximum absolute atomic E-state index is 11.5. The van der Waals surface area contributed by atoms with Crippen molar-refractivity contribution in [2.24, 2.45) is 0 Å². The highest BCUT2D eigenvalue weighted by molar-refractivity contribution is 8.13. The van der Waals surface area contributed by atoms with E-state index in [0.717, 1.165) is 0 Å². The Kier molecular flexibility index (Phi) is 4.00. The van der Waals surface area contributed by atoms with Crippen LogP contribution in [0.15, 0.2) is 17.0 Å². The molecule has 1 rings (SSSR count). The van der Waals surface area contributed by atoms with E-state index in [0.29, 0.717) is 0 Å². The molecule has 0 atom stereocenters. The third-order valence-electron chi connectivity index (χ3n) is 2.27. The van der Waals surface area contributed by atoms with E-state index >= 15 is 0 Å². The second-order valence-corrected chi connectivity index (χ2v) is 5.72. The number of aromatic carboxylic acids is 1. The molecular weight excluding hydrogens is 268 g/mol. The van der Waals surface area contributed by atoms with Crippen LogP contribution in [0.5, 0.6) is 5.75 Å². The molecule has 7 heteroatoms. The van der Waals surface area contributed by atoms with Gasteiger partial charge in [-0.15, -0.1) is 0 Å². The molecule has 0 saturated heterocycles. The van der Waals surface area contributed by atoms with Gasteiger partial charge in [-0.2, -0.15) is 0 Å². The zero-order chi connectivity index (χ0) is 13.2. The number of ether oxygens (including phenoxy) is 1. The molecule has 0 radical (unpaired) electrons. The number of methoxy groups -OCH3 is 1. The van der Waals surface area contributed by atoms with E-state index in [2.05, 4.69) is 0 Å². The van der Waals surface area contributed by atoms with Crippen molar-refractivity contribution in [3.63, 3.8) is 0 Å². The average molecular weight is 279 g/mol. The van der Waals surface area contributed by atoms with Crippen molar-refractivity contribution < 1.29 is 23.1 Å². The molecule has 1 N–H and O–H groups in total. The highest BCUT2D eigenvalue weighted by Gasteiger charge is 2.25. The third kappa shape index (κ3) is 2.70. The van der Waals surface area contributed by atoms with Crippen LogP contribution in [0.4, 0.5) is 0 Å².